The van der Waals surface area contributed by atoms with Crippen molar-refractivity contribution < 1.29 is 13.9 Å². The molecule has 0 aromatic heterocycles. The van der Waals surface area contributed by atoms with Gasteiger partial charge in [-0.05, 0) is 38.4 Å². The van der Waals surface area contributed by atoms with E-state index in [4.69, 9.17) is 4.74 Å². The second-order valence-corrected chi connectivity index (χ2v) is 5.18. The van der Waals surface area contributed by atoms with Gasteiger partial charge < -0.3 is 15.4 Å². The Morgan fingerprint density at radius 2 is 2.33 bits per heavy atom. The molecule has 1 saturated heterocycles. The van der Waals surface area contributed by atoms with E-state index in [9.17, 15) is 9.18 Å². The van der Waals surface area contributed by atoms with E-state index in [1.54, 1.807) is 12.1 Å². The highest BCUT2D eigenvalue weighted by molar-refractivity contribution is 5.85. The third kappa shape index (κ3) is 5.89. The lowest BCUT2D eigenvalue weighted by Gasteiger charge is -2.24. The summed E-state index contributed by atoms with van der Waals surface area (Å²) in [6.07, 6.45) is 3.09. The first-order valence-electron chi connectivity index (χ1n) is 7.07. The van der Waals surface area contributed by atoms with Gasteiger partial charge in [0.1, 0.15) is 18.2 Å². The molecule has 118 valence electrons. The zero-order valence-corrected chi connectivity index (χ0v) is 12.9. The molecular weight excluding hydrogens is 295 g/mol. The summed E-state index contributed by atoms with van der Waals surface area (Å²) in [5.41, 5.74) is 0. The summed E-state index contributed by atoms with van der Waals surface area (Å²) in [7, 11) is 0. The van der Waals surface area contributed by atoms with Gasteiger partial charge in [0.15, 0.2) is 0 Å². The zero-order valence-electron chi connectivity index (χ0n) is 12.1. The van der Waals surface area contributed by atoms with Crippen LogP contribution in [0, 0.1) is 5.82 Å². The fourth-order valence-corrected chi connectivity index (χ4v) is 2.24. The van der Waals surface area contributed by atoms with Crippen molar-refractivity contribution in [1.82, 2.24) is 10.6 Å². The molecule has 0 bridgehead atoms. The van der Waals surface area contributed by atoms with Crippen LogP contribution in [0.5, 0.6) is 5.75 Å². The van der Waals surface area contributed by atoms with Crippen molar-refractivity contribution in [2.24, 2.45) is 0 Å². The topological polar surface area (TPSA) is 50.4 Å². The maximum Gasteiger partial charge on any atom is 0.237 e. The van der Waals surface area contributed by atoms with Crippen LogP contribution in [-0.4, -0.2) is 31.1 Å². The number of benzene rings is 1. The lowest BCUT2D eigenvalue weighted by molar-refractivity contribution is -0.124. The number of nitrogens with one attached hydrogen (secondary N) is 2. The van der Waals surface area contributed by atoms with Gasteiger partial charge in [0.05, 0.1) is 12.1 Å². The number of ether oxygens (including phenoxy) is 1. The highest BCUT2D eigenvalue weighted by Gasteiger charge is 2.21. The van der Waals surface area contributed by atoms with Crippen molar-refractivity contribution in [1.29, 1.82) is 0 Å². The van der Waals surface area contributed by atoms with Gasteiger partial charge in [-0.1, -0.05) is 12.5 Å². The maximum absolute atomic E-state index is 13.0. The molecule has 2 atom stereocenters. The van der Waals surface area contributed by atoms with Gasteiger partial charge >= 0.3 is 0 Å². The van der Waals surface area contributed by atoms with Gasteiger partial charge in [-0.3, -0.25) is 4.79 Å². The molecule has 6 heteroatoms. The Labute approximate surface area is 130 Å². The third-order valence-electron chi connectivity index (χ3n) is 3.31. The average Bonchev–Trinajstić information content (AvgIpc) is 2.46. The number of rotatable bonds is 5. The van der Waals surface area contributed by atoms with Gasteiger partial charge in [0.25, 0.3) is 0 Å². The average molecular weight is 317 g/mol. The van der Waals surface area contributed by atoms with Crippen LogP contribution in [0.1, 0.15) is 26.2 Å². The fraction of sp³-hybridized carbons (Fsp3) is 0.533. The van der Waals surface area contributed by atoms with Crippen LogP contribution in [0.15, 0.2) is 24.3 Å². The lowest BCUT2D eigenvalue weighted by atomic mass is 10.0. The molecule has 0 spiro atoms. The van der Waals surface area contributed by atoms with E-state index in [0.717, 1.165) is 25.8 Å². The molecule has 0 radical (unpaired) electrons. The minimum absolute atomic E-state index is 0. The van der Waals surface area contributed by atoms with Gasteiger partial charge in [-0.2, -0.15) is 0 Å². The van der Waals surface area contributed by atoms with E-state index in [2.05, 4.69) is 10.6 Å². The number of halogens is 2. The molecule has 0 aliphatic carbocycles. The first-order valence-corrected chi connectivity index (χ1v) is 7.07. The number of carbonyl (C=O) groups excluding carboxylic acids is 1. The highest BCUT2D eigenvalue weighted by atomic mass is 35.5. The Hall–Kier alpha value is -1.33. The van der Waals surface area contributed by atoms with Crippen LogP contribution in [0.3, 0.4) is 0 Å². The normalized spacial score (nSPS) is 19.2. The molecule has 2 rings (SSSR count). The Balaban J connectivity index is 0.00000220. The first-order chi connectivity index (χ1) is 9.65. The minimum atomic E-state index is -0.328. The van der Waals surface area contributed by atoms with Crippen LogP contribution in [0.2, 0.25) is 0 Å². The summed E-state index contributed by atoms with van der Waals surface area (Å²) in [4.78, 5) is 12.0. The summed E-state index contributed by atoms with van der Waals surface area (Å²) in [5, 5.41) is 6.12. The Bertz CT molecular complexity index is 453. The van der Waals surface area contributed by atoms with Gasteiger partial charge in [0.2, 0.25) is 5.91 Å². The molecule has 2 N–H and O–H groups in total. The summed E-state index contributed by atoms with van der Waals surface area (Å²) >= 11 is 0. The van der Waals surface area contributed by atoms with E-state index >= 15 is 0 Å². The summed E-state index contributed by atoms with van der Waals surface area (Å²) < 4.78 is 18.4. The molecule has 1 amide bonds. The van der Waals surface area contributed by atoms with Crippen LogP contribution in [0.25, 0.3) is 0 Å². The molecule has 1 aromatic rings. The summed E-state index contributed by atoms with van der Waals surface area (Å²) in [6.45, 7) is 3.09. The standard InChI is InChI=1S/C15H21FN2O2.ClH/c1-11(10-20-13-6-4-5-12(16)9-13)18-15(19)14-7-2-3-8-17-14;/h4-6,9,11,14,17H,2-3,7-8,10H2,1H3,(H,18,19);1H. The molecule has 1 aromatic carbocycles. The minimum Gasteiger partial charge on any atom is -0.491 e. The molecule has 1 fully saturated rings. The monoisotopic (exact) mass is 316 g/mol. The summed E-state index contributed by atoms with van der Waals surface area (Å²) in [5.74, 6) is 0.160. The second-order valence-electron chi connectivity index (χ2n) is 5.18. The molecule has 1 aliphatic heterocycles. The largest absolute Gasteiger partial charge is 0.491 e. The van der Waals surface area contributed by atoms with Crippen LogP contribution >= 0.6 is 12.4 Å². The molecule has 1 heterocycles. The van der Waals surface area contributed by atoms with Crippen molar-refractivity contribution in [3.8, 4) is 5.75 Å². The smallest absolute Gasteiger partial charge is 0.237 e. The summed E-state index contributed by atoms with van der Waals surface area (Å²) in [6, 6.07) is 5.78. The van der Waals surface area contributed by atoms with Crippen molar-refractivity contribution in [2.75, 3.05) is 13.2 Å². The van der Waals surface area contributed by atoms with Crippen LogP contribution < -0.4 is 15.4 Å². The number of hydrogen-bond acceptors (Lipinski definition) is 3. The van der Waals surface area contributed by atoms with Crippen molar-refractivity contribution in [2.45, 2.75) is 38.3 Å². The molecule has 4 nitrogen and oxygen atoms in total. The molecule has 2 unspecified atom stereocenters. The first kappa shape index (κ1) is 17.7. The van der Waals surface area contributed by atoms with E-state index < -0.39 is 0 Å². The van der Waals surface area contributed by atoms with Gasteiger partial charge in [-0.25, -0.2) is 4.39 Å². The molecule has 0 saturated carbocycles. The number of carbonyl (C=O) groups is 1. The quantitative estimate of drug-likeness (QED) is 0.876. The third-order valence-corrected chi connectivity index (χ3v) is 3.31. The number of amides is 1. The Kier molecular flexibility index (Phi) is 7.47. The van der Waals surface area contributed by atoms with E-state index in [1.807, 2.05) is 6.92 Å². The number of piperidine rings is 1. The van der Waals surface area contributed by atoms with E-state index in [1.165, 1.54) is 12.1 Å². The van der Waals surface area contributed by atoms with Crippen molar-refractivity contribution in [3.05, 3.63) is 30.1 Å². The van der Waals surface area contributed by atoms with E-state index in [0.29, 0.717) is 12.4 Å². The fourth-order valence-electron chi connectivity index (χ4n) is 2.24. The Morgan fingerprint density at radius 1 is 1.52 bits per heavy atom. The van der Waals surface area contributed by atoms with E-state index in [-0.39, 0.29) is 36.2 Å². The van der Waals surface area contributed by atoms with Crippen LogP contribution in [0.4, 0.5) is 4.39 Å². The van der Waals surface area contributed by atoms with Gasteiger partial charge in [-0.15, -0.1) is 12.4 Å². The molecular formula is C15H22ClFN2O2. The van der Waals surface area contributed by atoms with Gasteiger partial charge in [0, 0.05) is 6.07 Å². The second kappa shape index (κ2) is 8.85. The van der Waals surface area contributed by atoms with Crippen molar-refractivity contribution >= 4 is 18.3 Å². The van der Waals surface area contributed by atoms with Crippen LogP contribution in [-0.2, 0) is 4.79 Å². The molecule has 21 heavy (non-hydrogen) atoms. The predicted octanol–water partition coefficient (Wildman–Crippen LogP) is 2.27. The maximum atomic E-state index is 13.0. The lowest BCUT2D eigenvalue weighted by Crippen LogP contribution is -2.50. The highest BCUT2D eigenvalue weighted by Crippen LogP contribution is 2.12. The predicted molar refractivity (Wildman–Crippen MR) is 82.4 cm³/mol. The SMILES string of the molecule is CC(COc1cccc(F)c1)NC(=O)C1CCCCN1.Cl. The number of hydrogen-bond donors (Lipinski definition) is 2. The molecule has 1 aliphatic rings. The van der Waals surface area contributed by atoms with Crippen molar-refractivity contribution in [3.63, 3.8) is 0 Å². The zero-order chi connectivity index (χ0) is 14.4. The Morgan fingerprint density at radius 3 is 3.00 bits per heavy atom.